The zero-order valence-electron chi connectivity index (χ0n) is 44.3. The summed E-state index contributed by atoms with van der Waals surface area (Å²) in [4.78, 5) is 38.1. The van der Waals surface area contributed by atoms with E-state index in [4.69, 9.17) is 14.2 Å². The van der Waals surface area contributed by atoms with Crippen molar-refractivity contribution in [2.75, 3.05) is 13.2 Å². The highest BCUT2D eigenvalue weighted by Gasteiger charge is 2.19. The van der Waals surface area contributed by atoms with Crippen molar-refractivity contribution in [2.45, 2.75) is 264 Å². The lowest BCUT2D eigenvalue weighted by Gasteiger charge is -2.18. The molecule has 0 aliphatic rings. The molecule has 0 aromatic rings. The fraction of sp³-hybridized carbons (Fsp3) is 0.694. The van der Waals surface area contributed by atoms with Gasteiger partial charge in [-0.1, -0.05) is 221 Å². The topological polar surface area (TPSA) is 78.9 Å². The van der Waals surface area contributed by atoms with E-state index in [0.29, 0.717) is 19.3 Å². The highest BCUT2D eigenvalue weighted by molar-refractivity contribution is 5.71. The van der Waals surface area contributed by atoms with Gasteiger partial charge in [-0.15, -0.1) is 0 Å². The van der Waals surface area contributed by atoms with Crippen LogP contribution < -0.4 is 0 Å². The van der Waals surface area contributed by atoms with Crippen molar-refractivity contribution in [2.24, 2.45) is 0 Å². The average molecular weight is 946 g/mol. The number of esters is 3. The van der Waals surface area contributed by atoms with Gasteiger partial charge in [0, 0.05) is 19.3 Å². The molecule has 0 saturated carbocycles. The van der Waals surface area contributed by atoms with Crippen LogP contribution in [0, 0.1) is 0 Å². The largest absolute Gasteiger partial charge is 0.462 e. The summed E-state index contributed by atoms with van der Waals surface area (Å²) in [7, 11) is 0. The minimum Gasteiger partial charge on any atom is -0.462 e. The van der Waals surface area contributed by atoms with E-state index in [1.54, 1.807) is 0 Å². The number of carbonyl (C=O) groups excluding carboxylic acids is 3. The van der Waals surface area contributed by atoms with Crippen LogP contribution in [-0.4, -0.2) is 37.2 Å². The van der Waals surface area contributed by atoms with Gasteiger partial charge in [0.25, 0.3) is 0 Å². The molecule has 0 rings (SSSR count). The van der Waals surface area contributed by atoms with Crippen LogP contribution in [-0.2, 0) is 28.6 Å². The number of unbranched alkanes of at least 4 members (excludes halogenated alkanes) is 23. The summed E-state index contributed by atoms with van der Waals surface area (Å²) in [6.45, 7) is 6.44. The predicted molar refractivity (Wildman–Crippen MR) is 293 cm³/mol. The SMILES string of the molecule is CC/C=C\C/C=C\C/C=C\C/C=C\C/C=C\CCCC(=O)OC(COC(=O)CCCCCCC/C=C\CCCCCCC)COC(=O)CCCCCCCCCCC/C=C\C/C=C\CCCCC. The Kier molecular flexibility index (Phi) is 52.9. The van der Waals surface area contributed by atoms with Crippen LogP contribution in [0.25, 0.3) is 0 Å². The minimum atomic E-state index is -0.813. The Balaban J connectivity index is 4.48. The first-order chi connectivity index (χ1) is 33.5. The van der Waals surface area contributed by atoms with Crippen LogP contribution in [0.5, 0.6) is 0 Å². The van der Waals surface area contributed by atoms with Gasteiger partial charge in [-0.3, -0.25) is 14.4 Å². The van der Waals surface area contributed by atoms with Crippen LogP contribution >= 0.6 is 0 Å². The van der Waals surface area contributed by atoms with Gasteiger partial charge in [0.2, 0.25) is 0 Å². The third-order valence-corrected chi connectivity index (χ3v) is 11.8. The fourth-order valence-corrected chi connectivity index (χ4v) is 7.56. The van der Waals surface area contributed by atoms with E-state index in [0.717, 1.165) is 96.3 Å². The second-order valence-corrected chi connectivity index (χ2v) is 18.5. The van der Waals surface area contributed by atoms with Crippen LogP contribution in [0.4, 0.5) is 0 Å². The molecule has 0 aliphatic heterocycles. The third-order valence-electron chi connectivity index (χ3n) is 11.8. The van der Waals surface area contributed by atoms with E-state index in [2.05, 4.69) is 118 Å². The number of hydrogen-bond donors (Lipinski definition) is 0. The smallest absolute Gasteiger partial charge is 0.306 e. The van der Waals surface area contributed by atoms with Crippen molar-refractivity contribution in [1.29, 1.82) is 0 Å². The van der Waals surface area contributed by atoms with Gasteiger partial charge in [-0.05, 0) is 116 Å². The number of hydrogen-bond acceptors (Lipinski definition) is 6. The molecule has 0 N–H and O–H groups in total. The summed E-state index contributed by atoms with van der Waals surface area (Å²) >= 11 is 0. The molecule has 0 spiro atoms. The molecule has 1 unspecified atom stereocenters. The molecule has 0 aromatic heterocycles. The second kappa shape index (κ2) is 55.9. The lowest BCUT2D eigenvalue weighted by atomic mass is 10.1. The van der Waals surface area contributed by atoms with Gasteiger partial charge in [-0.25, -0.2) is 0 Å². The molecular formula is C62H104O6. The minimum absolute atomic E-state index is 0.105. The zero-order valence-corrected chi connectivity index (χ0v) is 44.3. The number of allylic oxidation sites excluding steroid dienone is 16. The summed E-state index contributed by atoms with van der Waals surface area (Å²) in [5.41, 5.74) is 0. The van der Waals surface area contributed by atoms with Crippen molar-refractivity contribution in [3.8, 4) is 0 Å². The van der Waals surface area contributed by atoms with Crippen LogP contribution in [0.15, 0.2) is 97.2 Å². The first kappa shape index (κ1) is 64.3. The van der Waals surface area contributed by atoms with Crippen LogP contribution in [0.1, 0.15) is 258 Å². The maximum Gasteiger partial charge on any atom is 0.306 e. The van der Waals surface area contributed by atoms with Gasteiger partial charge in [0.05, 0.1) is 0 Å². The Morgan fingerprint density at radius 2 is 0.588 bits per heavy atom. The maximum atomic E-state index is 12.8. The maximum absolute atomic E-state index is 12.8. The number of ether oxygens (including phenoxy) is 3. The van der Waals surface area contributed by atoms with Crippen molar-refractivity contribution in [1.82, 2.24) is 0 Å². The normalized spacial score (nSPS) is 12.8. The van der Waals surface area contributed by atoms with Gasteiger partial charge in [-0.2, -0.15) is 0 Å². The highest BCUT2D eigenvalue weighted by Crippen LogP contribution is 2.14. The van der Waals surface area contributed by atoms with Crippen molar-refractivity contribution in [3.05, 3.63) is 97.2 Å². The fourth-order valence-electron chi connectivity index (χ4n) is 7.56. The molecule has 6 heteroatoms. The summed E-state index contributed by atoms with van der Waals surface area (Å²) in [6, 6.07) is 0. The lowest BCUT2D eigenvalue weighted by molar-refractivity contribution is -0.167. The Labute approximate surface area is 419 Å². The Bertz CT molecular complexity index is 1360. The van der Waals surface area contributed by atoms with E-state index in [9.17, 15) is 14.4 Å². The standard InChI is InChI=1S/C62H104O6/c1-4-7-10-13-16-19-22-25-28-30-31-33-34-37-40-43-46-49-52-55-61(64)67-58-59(57-66-60(63)54-51-48-45-42-39-36-27-24-21-18-15-12-9-6-3)68-62(65)56-53-50-47-44-41-38-35-32-29-26-23-20-17-14-11-8-5-2/h8,11,16-17,19-20,24-29,35,38,44,47,59H,4-7,9-10,12-15,18,21-23,30-34,36-37,39-43,45-46,48-58H2,1-3H3/b11-8-,19-16-,20-17-,27-24-,28-25-,29-26-,38-35-,47-44-. The van der Waals surface area contributed by atoms with Gasteiger partial charge >= 0.3 is 17.9 Å². The predicted octanol–water partition coefficient (Wildman–Crippen LogP) is 18.9. The molecule has 0 aliphatic carbocycles. The molecule has 0 aromatic carbocycles. The van der Waals surface area contributed by atoms with Crippen molar-refractivity contribution >= 4 is 17.9 Å². The molecule has 1 atom stereocenters. The van der Waals surface area contributed by atoms with Crippen molar-refractivity contribution in [3.63, 3.8) is 0 Å². The zero-order chi connectivity index (χ0) is 49.3. The molecule has 0 saturated heterocycles. The molecule has 388 valence electrons. The molecular weight excluding hydrogens is 841 g/mol. The van der Waals surface area contributed by atoms with E-state index < -0.39 is 6.10 Å². The first-order valence-electron chi connectivity index (χ1n) is 28.2. The summed E-state index contributed by atoms with van der Waals surface area (Å²) < 4.78 is 16.8. The van der Waals surface area contributed by atoms with Crippen molar-refractivity contribution < 1.29 is 28.6 Å². The monoisotopic (exact) mass is 945 g/mol. The molecule has 68 heavy (non-hydrogen) atoms. The Morgan fingerprint density at radius 1 is 0.309 bits per heavy atom. The van der Waals surface area contributed by atoms with Gasteiger partial charge in [0.15, 0.2) is 6.10 Å². The molecule has 0 heterocycles. The van der Waals surface area contributed by atoms with E-state index in [-0.39, 0.29) is 37.5 Å². The molecule has 0 amide bonds. The summed E-state index contributed by atoms with van der Waals surface area (Å²) in [5, 5.41) is 0. The van der Waals surface area contributed by atoms with Gasteiger partial charge in [0.1, 0.15) is 13.2 Å². The molecule has 0 bridgehead atoms. The third kappa shape index (κ3) is 53.3. The number of rotatable bonds is 50. The molecule has 0 fully saturated rings. The highest BCUT2D eigenvalue weighted by atomic mass is 16.6. The van der Waals surface area contributed by atoms with Crippen LogP contribution in [0.3, 0.4) is 0 Å². The second-order valence-electron chi connectivity index (χ2n) is 18.5. The van der Waals surface area contributed by atoms with E-state index in [1.807, 2.05) is 0 Å². The first-order valence-corrected chi connectivity index (χ1v) is 28.2. The molecule has 0 radical (unpaired) electrons. The van der Waals surface area contributed by atoms with Crippen LogP contribution in [0.2, 0.25) is 0 Å². The van der Waals surface area contributed by atoms with E-state index >= 15 is 0 Å². The average Bonchev–Trinajstić information content (AvgIpc) is 3.34. The summed E-state index contributed by atoms with van der Waals surface area (Å²) in [5.74, 6) is -0.975. The molecule has 6 nitrogen and oxygen atoms in total. The Morgan fingerprint density at radius 3 is 0.985 bits per heavy atom. The quantitative estimate of drug-likeness (QED) is 0.0262. The van der Waals surface area contributed by atoms with Gasteiger partial charge < -0.3 is 14.2 Å². The lowest BCUT2D eigenvalue weighted by Crippen LogP contribution is -2.30. The number of carbonyl (C=O) groups is 3. The summed E-state index contributed by atoms with van der Waals surface area (Å²) in [6.07, 6.45) is 74.0. The Hall–Kier alpha value is -3.67. The van der Waals surface area contributed by atoms with E-state index in [1.165, 1.54) is 116 Å².